The maximum Gasteiger partial charge on any atom is 0.144 e. The molecular formula is C10H9BrClNO. The van der Waals surface area contributed by atoms with E-state index in [0.29, 0.717) is 5.02 Å². The monoisotopic (exact) mass is 273 g/mol. The van der Waals surface area contributed by atoms with Gasteiger partial charge in [-0.2, -0.15) is 0 Å². The van der Waals surface area contributed by atoms with Crippen molar-refractivity contribution in [2.45, 2.75) is 18.4 Å². The molecule has 0 saturated heterocycles. The van der Waals surface area contributed by atoms with Crippen molar-refractivity contribution in [3.05, 3.63) is 21.6 Å². The third-order valence-electron chi connectivity index (χ3n) is 2.76. The van der Waals surface area contributed by atoms with Gasteiger partial charge in [0.05, 0.1) is 17.3 Å². The maximum absolute atomic E-state index is 6.00. The second kappa shape index (κ2) is 2.80. The van der Waals surface area contributed by atoms with Crippen molar-refractivity contribution >= 4 is 33.2 Å². The van der Waals surface area contributed by atoms with Crippen LogP contribution in [0.25, 0.3) is 0 Å². The highest BCUT2D eigenvalue weighted by atomic mass is 79.9. The van der Waals surface area contributed by atoms with Gasteiger partial charge in [-0.25, -0.2) is 0 Å². The van der Waals surface area contributed by atoms with E-state index in [9.17, 15) is 0 Å². The van der Waals surface area contributed by atoms with E-state index < -0.39 is 0 Å². The Kier molecular flexibility index (Phi) is 1.77. The maximum atomic E-state index is 6.00. The molecule has 1 heterocycles. The smallest absolute Gasteiger partial charge is 0.144 e. The minimum Gasteiger partial charge on any atom is -0.483 e. The summed E-state index contributed by atoms with van der Waals surface area (Å²) in [5.41, 5.74) is 1.10. The minimum absolute atomic E-state index is 0.0736. The van der Waals surface area contributed by atoms with E-state index in [1.807, 2.05) is 12.1 Å². The van der Waals surface area contributed by atoms with Gasteiger partial charge in [0.2, 0.25) is 0 Å². The van der Waals surface area contributed by atoms with Crippen molar-refractivity contribution in [2.75, 3.05) is 11.9 Å². The van der Waals surface area contributed by atoms with E-state index in [-0.39, 0.29) is 5.60 Å². The highest BCUT2D eigenvalue weighted by Gasteiger charge is 2.47. The summed E-state index contributed by atoms with van der Waals surface area (Å²) in [7, 11) is 0. The molecule has 1 aromatic rings. The summed E-state index contributed by atoms with van der Waals surface area (Å²) in [6.07, 6.45) is 2.29. The first-order chi connectivity index (χ1) is 6.69. The summed E-state index contributed by atoms with van der Waals surface area (Å²) < 4.78 is 6.80. The highest BCUT2D eigenvalue weighted by molar-refractivity contribution is 9.10. The largest absolute Gasteiger partial charge is 0.483 e. The number of anilines is 1. The molecule has 74 valence electrons. The van der Waals surface area contributed by atoms with Crippen LogP contribution in [0.3, 0.4) is 0 Å². The summed E-state index contributed by atoms with van der Waals surface area (Å²) in [6.45, 7) is 0.911. The molecule has 0 atom stereocenters. The molecule has 0 radical (unpaired) electrons. The van der Waals surface area contributed by atoms with Crippen LogP contribution in [0.1, 0.15) is 12.8 Å². The van der Waals surface area contributed by atoms with Gasteiger partial charge in [0.1, 0.15) is 11.4 Å². The van der Waals surface area contributed by atoms with E-state index >= 15 is 0 Å². The molecule has 4 heteroatoms. The molecule has 0 unspecified atom stereocenters. The van der Waals surface area contributed by atoms with Crippen LogP contribution in [-0.2, 0) is 0 Å². The van der Waals surface area contributed by atoms with Gasteiger partial charge in [0.25, 0.3) is 0 Å². The Balaban J connectivity index is 2.04. The Morgan fingerprint density at radius 3 is 2.93 bits per heavy atom. The molecule has 1 N–H and O–H groups in total. The lowest BCUT2D eigenvalue weighted by atomic mass is 10.2. The number of nitrogens with one attached hydrogen (secondary N) is 1. The van der Waals surface area contributed by atoms with E-state index in [0.717, 1.165) is 35.3 Å². The van der Waals surface area contributed by atoms with E-state index in [1.165, 1.54) is 0 Å². The van der Waals surface area contributed by atoms with Crippen molar-refractivity contribution in [3.63, 3.8) is 0 Å². The average molecular weight is 275 g/mol. The van der Waals surface area contributed by atoms with Crippen LogP contribution >= 0.6 is 27.5 Å². The molecule has 1 aromatic carbocycles. The number of benzene rings is 1. The van der Waals surface area contributed by atoms with Gasteiger partial charge in [-0.1, -0.05) is 11.6 Å². The van der Waals surface area contributed by atoms with Crippen LogP contribution in [-0.4, -0.2) is 12.1 Å². The van der Waals surface area contributed by atoms with E-state index in [1.54, 1.807) is 0 Å². The number of halogens is 2. The van der Waals surface area contributed by atoms with Crippen LogP contribution in [0.15, 0.2) is 16.6 Å². The fraction of sp³-hybridized carbons (Fsp3) is 0.400. The highest BCUT2D eigenvalue weighted by Crippen LogP contribution is 2.47. The van der Waals surface area contributed by atoms with Gasteiger partial charge < -0.3 is 10.1 Å². The predicted octanol–water partition coefficient (Wildman–Crippen LogP) is 3.44. The molecular weight excluding hydrogens is 265 g/mol. The molecule has 0 bridgehead atoms. The van der Waals surface area contributed by atoms with Gasteiger partial charge in [-0.15, -0.1) is 0 Å². The van der Waals surface area contributed by atoms with Crippen molar-refractivity contribution in [1.82, 2.24) is 0 Å². The van der Waals surface area contributed by atoms with Crippen molar-refractivity contribution in [2.24, 2.45) is 0 Å². The SMILES string of the molecule is Clc1cc2c(cc1Br)NCC1(CC1)O2. The van der Waals surface area contributed by atoms with E-state index in [2.05, 4.69) is 21.2 Å². The Morgan fingerprint density at radius 1 is 1.43 bits per heavy atom. The first-order valence-electron chi connectivity index (χ1n) is 4.61. The van der Waals surface area contributed by atoms with Crippen molar-refractivity contribution < 1.29 is 4.74 Å². The Bertz CT molecular complexity index is 403. The summed E-state index contributed by atoms with van der Waals surface area (Å²) in [6, 6.07) is 3.83. The van der Waals surface area contributed by atoms with Gasteiger partial charge in [0, 0.05) is 10.5 Å². The first-order valence-corrected chi connectivity index (χ1v) is 5.78. The zero-order chi connectivity index (χ0) is 9.76. The fourth-order valence-electron chi connectivity index (χ4n) is 1.70. The Hall–Kier alpha value is -0.410. The zero-order valence-electron chi connectivity index (χ0n) is 7.44. The summed E-state index contributed by atoms with van der Waals surface area (Å²) >= 11 is 9.40. The standard InChI is InChI=1S/C10H9BrClNO/c11-6-3-8-9(4-7(6)12)14-10(1-2-10)5-13-8/h3-4,13H,1-2,5H2. The molecule has 1 spiro atoms. The molecule has 2 nitrogen and oxygen atoms in total. The molecule has 0 aromatic heterocycles. The molecule has 1 aliphatic heterocycles. The fourth-order valence-corrected chi connectivity index (χ4v) is 2.19. The summed E-state index contributed by atoms with van der Waals surface area (Å²) in [5, 5.41) is 4.07. The lowest BCUT2D eigenvalue weighted by Gasteiger charge is -2.27. The van der Waals surface area contributed by atoms with Crippen LogP contribution in [0.5, 0.6) is 5.75 Å². The lowest BCUT2D eigenvalue weighted by molar-refractivity contribution is 0.184. The topological polar surface area (TPSA) is 21.3 Å². The predicted molar refractivity (Wildman–Crippen MR) is 60.2 cm³/mol. The van der Waals surface area contributed by atoms with Gasteiger partial charge in [0.15, 0.2) is 0 Å². The second-order valence-corrected chi connectivity index (χ2v) is 5.16. The summed E-state index contributed by atoms with van der Waals surface area (Å²) in [4.78, 5) is 0. The first kappa shape index (κ1) is 8.86. The number of ether oxygens (including phenoxy) is 1. The number of hydrogen-bond acceptors (Lipinski definition) is 2. The molecule has 1 aliphatic carbocycles. The third-order valence-corrected chi connectivity index (χ3v) is 3.95. The Labute approximate surface area is 95.7 Å². The van der Waals surface area contributed by atoms with Crippen LogP contribution < -0.4 is 10.1 Å². The molecule has 3 rings (SSSR count). The van der Waals surface area contributed by atoms with Crippen LogP contribution in [0.4, 0.5) is 5.69 Å². The molecule has 1 saturated carbocycles. The second-order valence-electron chi connectivity index (χ2n) is 3.90. The Morgan fingerprint density at radius 2 is 2.21 bits per heavy atom. The number of rotatable bonds is 0. The van der Waals surface area contributed by atoms with Gasteiger partial charge in [-0.05, 0) is 34.8 Å². The minimum atomic E-state index is 0.0736. The number of fused-ring (bicyclic) bond motifs is 1. The van der Waals surface area contributed by atoms with Gasteiger partial charge >= 0.3 is 0 Å². The molecule has 2 aliphatic rings. The molecule has 14 heavy (non-hydrogen) atoms. The quantitative estimate of drug-likeness (QED) is 0.782. The third kappa shape index (κ3) is 1.30. The molecule has 1 fully saturated rings. The van der Waals surface area contributed by atoms with Gasteiger partial charge in [-0.3, -0.25) is 0 Å². The van der Waals surface area contributed by atoms with Crippen LogP contribution in [0.2, 0.25) is 5.02 Å². The van der Waals surface area contributed by atoms with Crippen molar-refractivity contribution in [3.8, 4) is 5.75 Å². The van der Waals surface area contributed by atoms with Crippen LogP contribution in [0, 0.1) is 0 Å². The van der Waals surface area contributed by atoms with Crippen molar-refractivity contribution in [1.29, 1.82) is 0 Å². The molecule has 0 amide bonds. The summed E-state index contributed by atoms with van der Waals surface area (Å²) in [5.74, 6) is 0.877. The van der Waals surface area contributed by atoms with E-state index in [4.69, 9.17) is 16.3 Å². The average Bonchev–Trinajstić information content (AvgIpc) is 2.89. The normalized spacial score (nSPS) is 21.0. The lowest BCUT2D eigenvalue weighted by Crippen LogP contribution is -2.32. The number of hydrogen-bond donors (Lipinski definition) is 1. The zero-order valence-corrected chi connectivity index (χ0v) is 9.78.